The maximum absolute atomic E-state index is 6.53. The third-order valence-corrected chi connectivity index (χ3v) is 11.5. The summed E-state index contributed by atoms with van der Waals surface area (Å²) in [6, 6.07) is 66.2. The van der Waals surface area contributed by atoms with Crippen molar-refractivity contribution >= 4 is 75.8 Å². The summed E-state index contributed by atoms with van der Waals surface area (Å²) < 4.78 is 6.53. The minimum atomic E-state index is 0.624. The van der Waals surface area contributed by atoms with Crippen molar-refractivity contribution in [3.05, 3.63) is 188 Å². The Kier molecular flexibility index (Phi) is 6.89. The first-order valence-electron chi connectivity index (χ1n) is 19.3. The smallest absolute Gasteiger partial charge is 0.164 e. The van der Waals surface area contributed by atoms with Crippen molar-refractivity contribution < 1.29 is 4.42 Å². The summed E-state index contributed by atoms with van der Waals surface area (Å²) in [6.07, 6.45) is 0. The zero-order valence-corrected chi connectivity index (χ0v) is 30.6. The molecule has 0 spiro atoms. The van der Waals surface area contributed by atoms with Crippen LogP contribution in [0.5, 0.6) is 0 Å². The lowest BCUT2D eigenvalue weighted by atomic mass is 9.92. The van der Waals surface area contributed by atoms with Gasteiger partial charge >= 0.3 is 0 Å². The molecule has 0 atom stereocenters. The zero-order chi connectivity index (χ0) is 37.5. The first-order chi connectivity index (χ1) is 28.2. The molecular formula is C53H31N3O. The minimum Gasteiger partial charge on any atom is -0.456 e. The summed E-state index contributed by atoms with van der Waals surface area (Å²) in [6.45, 7) is 0. The summed E-state index contributed by atoms with van der Waals surface area (Å²) in [5.74, 6) is 1.88. The van der Waals surface area contributed by atoms with E-state index in [4.69, 9.17) is 19.4 Å². The van der Waals surface area contributed by atoms with Crippen LogP contribution >= 0.6 is 0 Å². The van der Waals surface area contributed by atoms with Crippen LogP contribution in [-0.2, 0) is 0 Å². The van der Waals surface area contributed by atoms with Crippen molar-refractivity contribution in [2.45, 2.75) is 0 Å². The molecule has 0 saturated heterocycles. The highest BCUT2D eigenvalue weighted by Crippen LogP contribution is 2.44. The van der Waals surface area contributed by atoms with Crippen LogP contribution in [0.2, 0.25) is 0 Å². The van der Waals surface area contributed by atoms with Gasteiger partial charge in [0, 0.05) is 32.8 Å². The summed E-state index contributed by atoms with van der Waals surface area (Å²) >= 11 is 0. The quantitative estimate of drug-likeness (QED) is 0.170. The molecule has 0 aliphatic carbocycles. The highest BCUT2D eigenvalue weighted by molar-refractivity contribution is 6.32. The van der Waals surface area contributed by atoms with E-state index in [9.17, 15) is 0 Å². The summed E-state index contributed by atoms with van der Waals surface area (Å²) in [5.41, 5.74) is 6.91. The molecule has 0 saturated carbocycles. The van der Waals surface area contributed by atoms with Gasteiger partial charge in [-0.3, -0.25) is 0 Å². The van der Waals surface area contributed by atoms with Crippen LogP contribution in [0.3, 0.4) is 0 Å². The van der Waals surface area contributed by atoms with Crippen LogP contribution < -0.4 is 0 Å². The Morgan fingerprint density at radius 1 is 0.281 bits per heavy atom. The van der Waals surface area contributed by atoms with Crippen LogP contribution in [0.1, 0.15) is 0 Å². The Morgan fingerprint density at radius 3 is 1.51 bits per heavy atom. The van der Waals surface area contributed by atoms with Gasteiger partial charge in [-0.2, -0.15) is 0 Å². The van der Waals surface area contributed by atoms with E-state index in [2.05, 4.69) is 182 Å². The lowest BCUT2D eigenvalue weighted by Crippen LogP contribution is -2.01. The average molecular weight is 726 g/mol. The largest absolute Gasteiger partial charge is 0.456 e. The van der Waals surface area contributed by atoms with E-state index in [-0.39, 0.29) is 0 Å². The fraction of sp³-hybridized carbons (Fsp3) is 0. The molecule has 0 N–H and O–H groups in total. The highest BCUT2D eigenvalue weighted by Gasteiger charge is 2.21. The van der Waals surface area contributed by atoms with E-state index in [0.29, 0.717) is 17.5 Å². The molecule has 10 aromatic carbocycles. The molecular weight excluding hydrogens is 695 g/mol. The molecule has 2 aromatic heterocycles. The van der Waals surface area contributed by atoms with Gasteiger partial charge in [-0.15, -0.1) is 0 Å². The Hall–Kier alpha value is -7.69. The van der Waals surface area contributed by atoms with Gasteiger partial charge in [0.25, 0.3) is 0 Å². The number of rotatable bonds is 4. The Bertz CT molecular complexity index is 3570. The molecule has 12 rings (SSSR count). The first-order valence-corrected chi connectivity index (χ1v) is 19.3. The first kappa shape index (κ1) is 31.6. The van der Waals surface area contributed by atoms with E-state index in [1.54, 1.807) is 0 Å². The molecule has 2 heterocycles. The number of furan rings is 1. The third-order valence-electron chi connectivity index (χ3n) is 11.5. The second kappa shape index (κ2) is 12.4. The molecule has 0 unspecified atom stereocenters. The molecule has 264 valence electrons. The van der Waals surface area contributed by atoms with Gasteiger partial charge in [0.2, 0.25) is 0 Å². The molecule has 57 heavy (non-hydrogen) atoms. The van der Waals surface area contributed by atoms with Gasteiger partial charge in [-0.25, -0.2) is 15.0 Å². The normalized spacial score (nSPS) is 11.9. The fourth-order valence-electron chi connectivity index (χ4n) is 8.84. The van der Waals surface area contributed by atoms with Gasteiger partial charge in [-0.1, -0.05) is 164 Å². The van der Waals surface area contributed by atoms with Crippen LogP contribution in [0.25, 0.3) is 121 Å². The van der Waals surface area contributed by atoms with Gasteiger partial charge in [0.05, 0.1) is 0 Å². The second-order valence-electron chi connectivity index (χ2n) is 14.7. The number of benzene rings is 10. The maximum Gasteiger partial charge on any atom is 0.164 e. The van der Waals surface area contributed by atoms with E-state index in [0.717, 1.165) is 76.5 Å². The number of fused-ring (bicyclic) bond motifs is 12. The minimum absolute atomic E-state index is 0.624. The van der Waals surface area contributed by atoms with Crippen LogP contribution in [-0.4, -0.2) is 15.0 Å². The van der Waals surface area contributed by atoms with Crippen LogP contribution in [0, 0.1) is 0 Å². The second-order valence-corrected chi connectivity index (χ2v) is 14.7. The zero-order valence-electron chi connectivity index (χ0n) is 30.6. The predicted molar refractivity (Wildman–Crippen MR) is 236 cm³/mol. The fourth-order valence-corrected chi connectivity index (χ4v) is 8.84. The molecule has 0 bridgehead atoms. The average Bonchev–Trinajstić information content (AvgIpc) is 3.68. The Labute approximate surface area is 327 Å². The van der Waals surface area contributed by atoms with E-state index >= 15 is 0 Å². The molecule has 0 amide bonds. The number of aromatic nitrogens is 3. The van der Waals surface area contributed by atoms with E-state index in [1.165, 1.54) is 27.1 Å². The lowest BCUT2D eigenvalue weighted by Gasteiger charge is -2.15. The predicted octanol–water partition coefficient (Wildman–Crippen LogP) is 14.2. The molecule has 4 heteroatoms. The standard InChI is InChI=1S/C53H31N3O/c1-2-12-32(13-3-1)33-22-24-35(25-23-33)51-54-52(44-30-36-15-5-6-16-38(36)40-18-8-9-19-41(40)44)56-53(55-51)45-31-37-27-29-47-50(48(37)43-21-11-10-20-42(43)45)49-39-17-7-4-14-34(39)26-28-46(49)57-47/h1-31H. The molecule has 4 nitrogen and oxygen atoms in total. The molecule has 0 aliphatic rings. The van der Waals surface area contributed by atoms with Gasteiger partial charge in [0.1, 0.15) is 11.2 Å². The van der Waals surface area contributed by atoms with Crippen LogP contribution in [0.4, 0.5) is 0 Å². The maximum atomic E-state index is 6.53. The monoisotopic (exact) mass is 725 g/mol. The summed E-state index contributed by atoms with van der Waals surface area (Å²) in [7, 11) is 0. The molecule has 0 fully saturated rings. The number of hydrogen-bond acceptors (Lipinski definition) is 4. The lowest BCUT2D eigenvalue weighted by molar-refractivity contribution is 0.669. The van der Waals surface area contributed by atoms with E-state index in [1.807, 2.05) is 6.07 Å². The van der Waals surface area contributed by atoms with Crippen molar-refractivity contribution in [2.24, 2.45) is 0 Å². The van der Waals surface area contributed by atoms with Gasteiger partial charge in [-0.05, 0) is 83.9 Å². The van der Waals surface area contributed by atoms with E-state index < -0.39 is 0 Å². The highest BCUT2D eigenvalue weighted by atomic mass is 16.3. The Balaban J connectivity index is 1.14. The van der Waals surface area contributed by atoms with Gasteiger partial charge < -0.3 is 4.42 Å². The third kappa shape index (κ3) is 4.98. The summed E-state index contributed by atoms with van der Waals surface area (Å²) in [5, 5.41) is 13.7. The molecule has 0 aliphatic heterocycles. The number of nitrogens with zero attached hydrogens (tertiary/aromatic N) is 3. The molecule has 12 aromatic rings. The van der Waals surface area contributed by atoms with Crippen molar-refractivity contribution in [2.75, 3.05) is 0 Å². The van der Waals surface area contributed by atoms with Crippen molar-refractivity contribution in [1.82, 2.24) is 15.0 Å². The van der Waals surface area contributed by atoms with Crippen molar-refractivity contribution in [3.63, 3.8) is 0 Å². The summed E-state index contributed by atoms with van der Waals surface area (Å²) in [4.78, 5) is 15.9. The van der Waals surface area contributed by atoms with Crippen molar-refractivity contribution in [1.29, 1.82) is 0 Å². The topological polar surface area (TPSA) is 51.8 Å². The van der Waals surface area contributed by atoms with Crippen LogP contribution in [0.15, 0.2) is 192 Å². The Morgan fingerprint density at radius 2 is 0.772 bits per heavy atom. The molecule has 0 radical (unpaired) electrons. The van der Waals surface area contributed by atoms with Crippen molar-refractivity contribution in [3.8, 4) is 45.3 Å². The number of hydrogen-bond donors (Lipinski definition) is 0. The SMILES string of the molecule is c1ccc(-c2ccc(-c3nc(-c4cc5ccccc5c5ccccc45)nc(-c4cc5ccc6oc7ccc8ccccc8c7c6c5c5ccccc45)n3)cc2)cc1. The van der Waals surface area contributed by atoms with Gasteiger partial charge in [0.15, 0.2) is 17.5 Å².